The SMILES string of the molecule is CC1(C)c2ccccc2-c2cccc(-c3ccc(N(c4cccc(-c5cccc6ccccc56)c4)c4ccccc4-c4ccc5oc6ccccc6c5c4)cc3)c21. The van der Waals surface area contributed by atoms with Gasteiger partial charge in [0.1, 0.15) is 11.2 Å². The van der Waals surface area contributed by atoms with Crippen molar-refractivity contribution < 1.29 is 4.42 Å². The van der Waals surface area contributed by atoms with Crippen LogP contribution in [0.5, 0.6) is 0 Å². The van der Waals surface area contributed by atoms with Crippen molar-refractivity contribution in [2.24, 2.45) is 0 Å². The normalized spacial score (nSPS) is 12.9. The minimum Gasteiger partial charge on any atom is -0.456 e. The Morgan fingerprint density at radius 3 is 1.89 bits per heavy atom. The number of fused-ring (bicyclic) bond motifs is 7. The van der Waals surface area contributed by atoms with Crippen molar-refractivity contribution in [3.8, 4) is 44.5 Å². The van der Waals surface area contributed by atoms with E-state index in [4.69, 9.17) is 4.42 Å². The van der Waals surface area contributed by atoms with E-state index < -0.39 is 0 Å². The number of rotatable bonds is 6. The van der Waals surface area contributed by atoms with Gasteiger partial charge >= 0.3 is 0 Å². The van der Waals surface area contributed by atoms with E-state index in [-0.39, 0.29) is 5.41 Å². The summed E-state index contributed by atoms with van der Waals surface area (Å²) in [7, 11) is 0. The van der Waals surface area contributed by atoms with E-state index in [1.54, 1.807) is 0 Å². The van der Waals surface area contributed by atoms with Crippen LogP contribution in [0.15, 0.2) is 205 Å². The van der Waals surface area contributed by atoms with Crippen LogP contribution in [0.25, 0.3) is 77.2 Å². The number of furan rings is 1. The Morgan fingerprint density at radius 1 is 0.386 bits per heavy atom. The molecule has 0 spiro atoms. The van der Waals surface area contributed by atoms with E-state index >= 15 is 0 Å². The van der Waals surface area contributed by atoms with Crippen molar-refractivity contribution in [1.29, 1.82) is 0 Å². The molecule has 2 nitrogen and oxygen atoms in total. The maximum absolute atomic E-state index is 6.24. The summed E-state index contributed by atoms with van der Waals surface area (Å²) < 4.78 is 6.24. The highest BCUT2D eigenvalue weighted by Gasteiger charge is 2.37. The van der Waals surface area contributed by atoms with Crippen molar-refractivity contribution >= 4 is 49.8 Å². The fourth-order valence-electron chi connectivity index (χ4n) is 9.40. The lowest BCUT2D eigenvalue weighted by atomic mass is 9.79. The Morgan fingerprint density at radius 2 is 1.00 bits per heavy atom. The number of anilines is 3. The molecule has 1 aromatic heterocycles. The van der Waals surface area contributed by atoms with E-state index in [0.29, 0.717) is 0 Å². The third-order valence-electron chi connectivity index (χ3n) is 12.1. The zero-order chi connectivity index (χ0) is 38.1. The minimum absolute atomic E-state index is 0.102. The van der Waals surface area contributed by atoms with E-state index in [0.717, 1.165) is 50.1 Å². The van der Waals surface area contributed by atoms with Crippen molar-refractivity contribution in [3.05, 3.63) is 211 Å². The van der Waals surface area contributed by atoms with Gasteiger partial charge in [-0.15, -0.1) is 0 Å². The molecule has 1 aliphatic carbocycles. The molecule has 2 heteroatoms. The number of hydrogen-bond donors (Lipinski definition) is 0. The highest BCUT2D eigenvalue weighted by Crippen LogP contribution is 2.52. The van der Waals surface area contributed by atoms with Crippen LogP contribution in [0.2, 0.25) is 0 Å². The molecule has 0 bridgehead atoms. The third-order valence-corrected chi connectivity index (χ3v) is 12.1. The summed E-state index contributed by atoms with van der Waals surface area (Å²) in [4.78, 5) is 2.42. The quantitative estimate of drug-likeness (QED) is 0.169. The second-order valence-corrected chi connectivity index (χ2v) is 15.7. The Bertz CT molecular complexity index is 3160. The van der Waals surface area contributed by atoms with E-state index in [1.165, 1.54) is 55.3 Å². The highest BCUT2D eigenvalue weighted by molar-refractivity contribution is 6.07. The first-order valence-electron chi connectivity index (χ1n) is 19.8. The average molecular weight is 730 g/mol. The molecule has 10 aromatic rings. The second kappa shape index (κ2) is 13.0. The first-order valence-corrected chi connectivity index (χ1v) is 19.8. The summed E-state index contributed by atoms with van der Waals surface area (Å²) in [5, 5.41) is 4.72. The lowest BCUT2D eigenvalue weighted by molar-refractivity contribution is 0.662. The van der Waals surface area contributed by atoms with Gasteiger partial charge in [0.25, 0.3) is 0 Å². The van der Waals surface area contributed by atoms with Crippen LogP contribution in [0, 0.1) is 0 Å². The summed E-state index contributed by atoms with van der Waals surface area (Å²) in [5.41, 5.74) is 17.6. The van der Waals surface area contributed by atoms with Gasteiger partial charge in [-0.05, 0) is 109 Å². The van der Waals surface area contributed by atoms with Gasteiger partial charge in [0, 0.05) is 33.1 Å². The number of benzene rings is 9. The predicted molar refractivity (Wildman–Crippen MR) is 240 cm³/mol. The van der Waals surface area contributed by atoms with Crippen LogP contribution in [0.1, 0.15) is 25.0 Å². The average Bonchev–Trinajstić information content (AvgIpc) is 3.75. The molecule has 0 saturated heterocycles. The zero-order valence-corrected chi connectivity index (χ0v) is 31.9. The summed E-state index contributed by atoms with van der Waals surface area (Å²) >= 11 is 0. The molecule has 9 aromatic carbocycles. The Labute approximate surface area is 332 Å². The molecule has 0 unspecified atom stereocenters. The Balaban J connectivity index is 1.08. The van der Waals surface area contributed by atoms with Crippen LogP contribution in [-0.4, -0.2) is 0 Å². The van der Waals surface area contributed by atoms with Crippen LogP contribution in [-0.2, 0) is 5.41 Å². The standard InChI is InChI=1S/C55H39NO/c1-55(2)50-25-8-5-20-46(50)48-24-13-23-45(54(48)55)37-28-31-40(32-29-37)56(41-17-11-16-38(34-41)43-22-12-15-36-14-3-4-18-42(36)43)51-26-9-6-19-44(51)39-30-33-53-49(35-39)47-21-7-10-27-52(47)57-53/h3-35H,1-2H3. The van der Waals surface area contributed by atoms with Gasteiger partial charge in [-0.3, -0.25) is 0 Å². The van der Waals surface area contributed by atoms with Crippen molar-refractivity contribution in [2.75, 3.05) is 4.90 Å². The molecule has 0 fully saturated rings. The minimum atomic E-state index is -0.102. The molecular formula is C55H39NO. The smallest absolute Gasteiger partial charge is 0.135 e. The number of hydrogen-bond acceptors (Lipinski definition) is 2. The molecule has 0 atom stereocenters. The summed E-state index contributed by atoms with van der Waals surface area (Å²) in [5.74, 6) is 0. The monoisotopic (exact) mass is 729 g/mol. The fourth-order valence-corrected chi connectivity index (χ4v) is 9.40. The molecule has 0 aliphatic heterocycles. The van der Waals surface area contributed by atoms with Crippen molar-refractivity contribution in [1.82, 2.24) is 0 Å². The molecular weight excluding hydrogens is 691 g/mol. The molecule has 11 rings (SSSR count). The lowest BCUT2D eigenvalue weighted by Gasteiger charge is -2.29. The van der Waals surface area contributed by atoms with Gasteiger partial charge in [-0.25, -0.2) is 0 Å². The molecule has 270 valence electrons. The third kappa shape index (κ3) is 5.33. The molecule has 0 saturated carbocycles. The molecule has 57 heavy (non-hydrogen) atoms. The molecule has 0 radical (unpaired) electrons. The van der Waals surface area contributed by atoms with Crippen molar-refractivity contribution in [2.45, 2.75) is 19.3 Å². The molecule has 0 amide bonds. The predicted octanol–water partition coefficient (Wildman–Crippen LogP) is 15.5. The largest absolute Gasteiger partial charge is 0.456 e. The number of para-hydroxylation sites is 2. The van der Waals surface area contributed by atoms with Gasteiger partial charge in [0.15, 0.2) is 0 Å². The first kappa shape index (κ1) is 33.2. The highest BCUT2D eigenvalue weighted by atomic mass is 16.3. The maximum atomic E-state index is 6.24. The topological polar surface area (TPSA) is 16.4 Å². The fraction of sp³-hybridized carbons (Fsp3) is 0.0545. The molecule has 0 N–H and O–H groups in total. The maximum Gasteiger partial charge on any atom is 0.135 e. The van der Waals surface area contributed by atoms with Gasteiger partial charge < -0.3 is 9.32 Å². The molecule has 1 aliphatic rings. The second-order valence-electron chi connectivity index (χ2n) is 15.7. The molecule has 1 heterocycles. The lowest BCUT2D eigenvalue weighted by Crippen LogP contribution is -2.16. The summed E-state index contributed by atoms with van der Waals surface area (Å²) in [6, 6.07) is 72.7. The van der Waals surface area contributed by atoms with E-state index in [1.807, 2.05) is 12.1 Å². The van der Waals surface area contributed by atoms with Gasteiger partial charge in [0.2, 0.25) is 0 Å². The summed E-state index contributed by atoms with van der Waals surface area (Å²) in [6.07, 6.45) is 0. The number of nitrogens with zero attached hydrogens (tertiary/aromatic N) is 1. The van der Waals surface area contributed by atoms with Gasteiger partial charge in [-0.2, -0.15) is 0 Å². The van der Waals surface area contributed by atoms with Crippen LogP contribution in [0.4, 0.5) is 17.1 Å². The van der Waals surface area contributed by atoms with Crippen LogP contribution >= 0.6 is 0 Å². The van der Waals surface area contributed by atoms with Crippen LogP contribution < -0.4 is 4.90 Å². The van der Waals surface area contributed by atoms with E-state index in [2.05, 4.69) is 207 Å². The summed E-state index contributed by atoms with van der Waals surface area (Å²) in [6.45, 7) is 4.72. The zero-order valence-electron chi connectivity index (χ0n) is 31.9. The van der Waals surface area contributed by atoms with E-state index in [9.17, 15) is 0 Å². The van der Waals surface area contributed by atoms with Crippen LogP contribution in [0.3, 0.4) is 0 Å². The van der Waals surface area contributed by atoms with Gasteiger partial charge in [-0.1, -0.05) is 166 Å². The van der Waals surface area contributed by atoms with Crippen molar-refractivity contribution in [3.63, 3.8) is 0 Å². The Hall–Kier alpha value is -7.16. The first-order chi connectivity index (χ1) is 28.0. The van der Waals surface area contributed by atoms with Gasteiger partial charge in [0.05, 0.1) is 5.69 Å². The Kier molecular flexibility index (Phi) is 7.55.